The fraction of sp³-hybridized carbons (Fsp3) is 0.222. The Morgan fingerprint density at radius 1 is 1.25 bits per heavy atom. The van der Waals surface area contributed by atoms with Crippen molar-refractivity contribution >= 4 is 32.8 Å². The molecule has 4 rings (SSSR count). The van der Waals surface area contributed by atoms with Crippen molar-refractivity contribution in [2.75, 3.05) is 10.5 Å². The van der Waals surface area contributed by atoms with Crippen LogP contribution in [0.4, 0.5) is 5.69 Å². The number of nitrogens with zero attached hydrogens (tertiary/aromatic N) is 2. The smallest absolute Gasteiger partial charge is 0.343 e. The minimum atomic E-state index is -3.54. The molecular formula is C27H21N3O5S. The summed E-state index contributed by atoms with van der Waals surface area (Å²) in [5.74, 6) is 6.52. The van der Waals surface area contributed by atoms with E-state index in [1.54, 1.807) is 36.4 Å². The second kappa shape index (κ2) is 9.26. The first-order chi connectivity index (χ1) is 17.0. The van der Waals surface area contributed by atoms with E-state index >= 15 is 0 Å². The number of hydrogen-bond acceptors (Lipinski definition) is 6. The van der Waals surface area contributed by atoms with Gasteiger partial charge in [-0.25, -0.2) is 23.3 Å². The molecular weight excluding hydrogens is 478 g/mol. The number of fused-ring (bicyclic) bond motifs is 2. The fourth-order valence-corrected chi connectivity index (χ4v) is 4.46. The lowest BCUT2D eigenvalue weighted by Gasteiger charge is -2.26. The fourth-order valence-electron chi connectivity index (χ4n) is 3.49. The summed E-state index contributed by atoms with van der Waals surface area (Å²) in [5.41, 5.74) is 0.569. The normalized spacial score (nSPS) is 18.0. The largest absolute Gasteiger partial charge is 0.461 e. The molecule has 0 unspecified atom stereocenters. The molecule has 1 N–H and O–H groups in total. The van der Waals surface area contributed by atoms with Crippen LogP contribution in [0.15, 0.2) is 68.4 Å². The molecule has 180 valence electrons. The minimum Gasteiger partial charge on any atom is -0.461 e. The van der Waals surface area contributed by atoms with Crippen LogP contribution in [-0.4, -0.2) is 14.2 Å². The summed E-state index contributed by atoms with van der Waals surface area (Å²) in [6, 6.07) is 6.59. The van der Waals surface area contributed by atoms with Crippen molar-refractivity contribution in [3.05, 3.63) is 92.2 Å². The molecule has 3 heterocycles. The van der Waals surface area contributed by atoms with Crippen LogP contribution in [-0.2, 0) is 14.8 Å². The van der Waals surface area contributed by atoms with E-state index in [1.807, 2.05) is 26.8 Å². The van der Waals surface area contributed by atoms with E-state index in [9.17, 15) is 18.5 Å². The first-order valence-corrected chi connectivity index (χ1v) is 12.6. The molecule has 36 heavy (non-hydrogen) atoms. The third-order valence-electron chi connectivity index (χ3n) is 5.35. The van der Waals surface area contributed by atoms with Gasteiger partial charge < -0.3 is 9.15 Å². The highest BCUT2D eigenvalue weighted by Gasteiger charge is 2.24. The first-order valence-electron chi connectivity index (χ1n) is 10.9. The zero-order chi connectivity index (χ0) is 26.1. The number of nitriles is 1. The van der Waals surface area contributed by atoms with Crippen molar-refractivity contribution in [1.29, 1.82) is 5.26 Å². The molecule has 0 saturated carbocycles. The molecule has 0 radical (unpaired) electrons. The Balaban J connectivity index is 1.76. The number of ether oxygens (including phenoxy) is 1. The molecule has 0 saturated heterocycles. The monoisotopic (exact) mass is 499 g/mol. The van der Waals surface area contributed by atoms with Gasteiger partial charge in [0.1, 0.15) is 17.1 Å². The molecule has 0 fully saturated rings. The van der Waals surface area contributed by atoms with Gasteiger partial charge in [0.2, 0.25) is 10.0 Å². The van der Waals surface area contributed by atoms with Crippen molar-refractivity contribution in [3.63, 3.8) is 0 Å². The number of hydrogen-bond donors (Lipinski definition) is 1. The molecule has 0 aliphatic carbocycles. The number of rotatable bonds is 2. The van der Waals surface area contributed by atoms with Crippen LogP contribution in [0.25, 0.3) is 21.9 Å². The number of benzene rings is 1. The summed E-state index contributed by atoms with van der Waals surface area (Å²) in [6.45, 7) is 13.1. The van der Waals surface area contributed by atoms with Gasteiger partial charge in [0.05, 0.1) is 35.2 Å². The van der Waals surface area contributed by atoms with Gasteiger partial charge in [-0.15, -0.1) is 0 Å². The van der Waals surface area contributed by atoms with E-state index < -0.39 is 21.1 Å². The Bertz CT molecular complexity index is 1710. The molecule has 0 spiro atoms. The van der Waals surface area contributed by atoms with Crippen LogP contribution in [0, 0.1) is 35.2 Å². The average molecular weight is 500 g/mol. The molecule has 8 nitrogen and oxygen atoms in total. The summed E-state index contributed by atoms with van der Waals surface area (Å²) in [6.07, 6.45) is 6.48. The maximum absolute atomic E-state index is 12.7. The number of anilines is 1. The lowest BCUT2D eigenvalue weighted by Crippen LogP contribution is -2.18. The molecule has 0 atom stereocenters. The molecule has 2 aliphatic heterocycles. The van der Waals surface area contributed by atoms with Crippen LogP contribution >= 0.6 is 0 Å². The number of sulfonamides is 1. The zero-order valence-corrected chi connectivity index (χ0v) is 20.6. The Morgan fingerprint density at radius 3 is 2.72 bits per heavy atom. The van der Waals surface area contributed by atoms with Gasteiger partial charge in [-0.2, -0.15) is 0 Å². The number of allylic oxidation sites excluding steroid dienone is 6. The average Bonchev–Trinajstić information content (AvgIpc) is 2.80. The van der Waals surface area contributed by atoms with E-state index in [4.69, 9.17) is 15.7 Å². The molecule has 0 bridgehead atoms. The van der Waals surface area contributed by atoms with Crippen molar-refractivity contribution in [2.24, 2.45) is 5.41 Å². The summed E-state index contributed by atoms with van der Waals surface area (Å²) < 4.78 is 38.4. The highest BCUT2D eigenvalue weighted by molar-refractivity contribution is 7.92. The van der Waals surface area contributed by atoms with Crippen LogP contribution in [0.1, 0.15) is 38.3 Å². The van der Waals surface area contributed by atoms with Gasteiger partial charge in [0.25, 0.3) is 5.70 Å². The van der Waals surface area contributed by atoms with Crippen molar-refractivity contribution in [1.82, 2.24) is 0 Å². The molecule has 1 aromatic heterocycles. The second-order valence-corrected chi connectivity index (χ2v) is 11.0. The molecule has 2 aromatic rings. The van der Waals surface area contributed by atoms with E-state index in [0.717, 1.165) is 0 Å². The number of nitrogens with one attached hydrogen (secondary N) is 1. The third-order valence-corrected chi connectivity index (χ3v) is 6.63. The Morgan fingerprint density at radius 2 is 2.03 bits per heavy atom. The lowest BCUT2D eigenvalue weighted by atomic mass is 9.91. The van der Waals surface area contributed by atoms with Crippen LogP contribution < -0.4 is 10.3 Å². The van der Waals surface area contributed by atoms with Crippen molar-refractivity contribution in [3.8, 4) is 17.9 Å². The van der Waals surface area contributed by atoms with Crippen molar-refractivity contribution in [2.45, 2.75) is 27.2 Å². The lowest BCUT2D eigenvalue weighted by molar-refractivity contribution is 0.223. The summed E-state index contributed by atoms with van der Waals surface area (Å²) in [4.78, 5) is 15.9. The Labute approximate surface area is 208 Å². The molecule has 9 heteroatoms. The summed E-state index contributed by atoms with van der Waals surface area (Å²) in [5, 5.41) is 9.81. The molecule has 0 amide bonds. The minimum absolute atomic E-state index is 0.0711. The highest BCUT2D eigenvalue weighted by atomic mass is 32.2. The van der Waals surface area contributed by atoms with Gasteiger partial charge in [0.15, 0.2) is 0 Å². The van der Waals surface area contributed by atoms with Gasteiger partial charge in [0, 0.05) is 17.2 Å². The van der Waals surface area contributed by atoms with Crippen LogP contribution in [0.2, 0.25) is 0 Å². The van der Waals surface area contributed by atoms with Gasteiger partial charge in [-0.3, -0.25) is 4.72 Å². The van der Waals surface area contributed by atoms with E-state index in [2.05, 4.69) is 21.4 Å². The highest BCUT2D eigenvalue weighted by Crippen LogP contribution is 2.34. The second-order valence-electron chi connectivity index (χ2n) is 9.17. The Hall–Kier alpha value is -4.52. The predicted octanol–water partition coefficient (Wildman–Crippen LogP) is 4.84. The maximum Gasteiger partial charge on any atom is 0.343 e. The van der Waals surface area contributed by atoms with E-state index in [1.165, 1.54) is 6.08 Å². The van der Waals surface area contributed by atoms with Gasteiger partial charge >= 0.3 is 5.63 Å². The molecule has 1 aromatic carbocycles. The summed E-state index contributed by atoms with van der Waals surface area (Å²) >= 11 is 0. The van der Waals surface area contributed by atoms with Crippen LogP contribution in [0.5, 0.6) is 0 Å². The molecule has 2 aliphatic rings. The van der Waals surface area contributed by atoms with E-state index in [0.29, 0.717) is 33.7 Å². The quantitative estimate of drug-likeness (QED) is 0.274. The van der Waals surface area contributed by atoms with Crippen LogP contribution in [0.3, 0.4) is 0 Å². The zero-order valence-electron chi connectivity index (χ0n) is 19.8. The third kappa shape index (κ3) is 5.25. The van der Waals surface area contributed by atoms with Gasteiger partial charge in [-0.05, 0) is 48.1 Å². The first kappa shape index (κ1) is 24.6. The maximum atomic E-state index is 12.7. The predicted molar refractivity (Wildman–Crippen MR) is 136 cm³/mol. The van der Waals surface area contributed by atoms with Crippen molar-refractivity contribution < 1.29 is 17.6 Å². The summed E-state index contributed by atoms with van der Waals surface area (Å²) in [7, 11) is -3.54. The Kier molecular flexibility index (Phi) is 6.33. The van der Waals surface area contributed by atoms with Gasteiger partial charge in [-0.1, -0.05) is 32.6 Å². The van der Waals surface area contributed by atoms with E-state index in [-0.39, 0.29) is 29.0 Å². The topological polar surface area (TPSA) is 114 Å². The SMILES string of the molecule is [C-]#[N+]/C(C#N)=C1C=C(/C=C/c2cc3cc4c(cc3oc2=O)C#CCCS(=O)(=O)N4)OC(C(C)(C)C)=C/1. The standard InChI is InChI=1S/C27H21N3O5S/c1-27(2,3)25-15-19(23(16-28)29-4)12-21(34-25)9-8-18-11-20-13-22-17(14-24(20)35-26(18)31)7-5-6-10-36(32,33)30-22/h8-9,11-15,30H,6,10H2,1-3H3/b9-8+,23-19-.